The van der Waals surface area contributed by atoms with E-state index in [1.165, 1.54) is 0 Å². The summed E-state index contributed by atoms with van der Waals surface area (Å²) in [7, 11) is 1.61. The van der Waals surface area contributed by atoms with Gasteiger partial charge in [-0.15, -0.1) is 11.3 Å². The highest BCUT2D eigenvalue weighted by atomic mass is 32.1. The maximum atomic E-state index is 12.0. The molecule has 5 nitrogen and oxygen atoms in total. The number of nitrogens with zero attached hydrogens (tertiary/aromatic N) is 1. The average Bonchev–Trinajstić information content (AvgIpc) is 2.91. The Morgan fingerprint density at radius 3 is 2.68 bits per heavy atom. The number of carbonyl (C=O) groups excluding carboxylic acids is 1. The number of amides is 1. The monoisotopic (exact) mass is 320 g/mol. The number of hydrogen-bond donors (Lipinski definition) is 1. The fourth-order valence-corrected chi connectivity index (χ4v) is 2.53. The Labute approximate surface area is 134 Å². The first-order chi connectivity index (χ1) is 10.6. The first kappa shape index (κ1) is 16.5. The number of aryl methyl sites for hydroxylation is 1. The molecule has 118 valence electrons. The minimum Gasteiger partial charge on any atom is -0.487 e. The van der Waals surface area contributed by atoms with Gasteiger partial charge in [-0.05, 0) is 38.1 Å². The molecular weight excluding hydrogens is 300 g/mol. The number of carbonyl (C=O) groups is 1. The zero-order chi connectivity index (χ0) is 15.9. The molecule has 22 heavy (non-hydrogen) atoms. The molecule has 0 fully saturated rings. The van der Waals surface area contributed by atoms with Crippen molar-refractivity contribution < 1.29 is 14.3 Å². The summed E-state index contributed by atoms with van der Waals surface area (Å²) in [5.41, 5.74) is 1.51. The van der Waals surface area contributed by atoms with Gasteiger partial charge in [-0.1, -0.05) is 0 Å². The summed E-state index contributed by atoms with van der Waals surface area (Å²) in [5.74, 6) is 0.596. The predicted molar refractivity (Wildman–Crippen MR) is 86.4 cm³/mol. The predicted octanol–water partition coefficient (Wildman–Crippen LogP) is 2.80. The Balaban J connectivity index is 1.88. The van der Waals surface area contributed by atoms with E-state index in [2.05, 4.69) is 10.3 Å². The van der Waals surface area contributed by atoms with Crippen LogP contribution >= 0.6 is 11.3 Å². The van der Waals surface area contributed by atoms with E-state index in [1.807, 2.05) is 19.2 Å². The molecule has 0 unspecified atom stereocenters. The summed E-state index contributed by atoms with van der Waals surface area (Å²) in [6.07, 6.45) is 0. The maximum absolute atomic E-state index is 12.0. The molecule has 0 saturated heterocycles. The van der Waals surface area contributed by atoms with Crippen LogP contribution in [0.25, 0.3) is 0 Å². The van der Waals surface area contributed by atoms with Crippen LogP contribution in [0.1, 0.15) is 28.0 Å². The van der Waals surface area contributed by atoms with Gasteiger partial charge in [0.1, 0.15) is 12.4 Å². The van der Waals surface area contributed by atoms with Crippen LogP contribution in [0.2, 0.25) is 0 Å². The Kier molecular flexibility index (Phi) is 5.91. The molecule has 0 aliphatic rings. The number of thiazole rings is 1. The Morgan fingerprint density at radius 1 is 1.36 bits per heavy atom. The van der Waals surface area contributed by atoms with Crippen molar-refractivity contribution in [1.82, 2.24) is 10.3 Å². The zero-order valence-corrected chi connectivity index (χ0v) is 13.8. The number of nitrogens with one attached hydrogen (secondary N) is 1. The maximum Gasteiger partial charge on any atom is 0.251 e. The second kappa shape index (κ2) is 7.91. The third-order valence-electron chi connectivity index (χ3n) is 2.96. The van der Waals surface area contributed by atoms with Crippen molar-refractivity contribution in [3.63, 3.8) is 0 Å². The standard InChI is InChI=1S/C16H20N2O3S/c1-11(8-20-3)17-16(19)13-4-6-15(7-5-13)21-9-14-10-22-12(2)18-14/h4-7,10-11H,8-9H2,1-3H3,(H,17,19)/t11-/m1/s1. The van der Waals surface area contributed by atoms with Crippen LogP contribution in [0.3, 0.4) is 0 Å². The molecule has 1 N–H and O–H groups in total. The van der Waals surface area contributed by atoms with E-state index in [0.29, 0.717) is 24.5 Å². The van der Waals surface area contributed by atoms with Crippen molar-refractivity contribution in [2.24, 2.45) is 0 Å². The van der Waals surface area contributed by atoms with Crippen molar-refractivity contribution in [2.45, 2.75) is 26.5 Å². The van der Waals surface area contributed by atoms with Crippen molar-refractivity contribution in [1.29, 1.82) is 0 Å². The highest BCUT2D eigenvalue weighted by molar-refractivity contribution is 7.09. The van der Waals surface area contributed by atoms with E-state index in [0.717, 1.165) is 10.7 Å². The van der Waals surface area contributed by atoms with E-state index in [1.54, 1.807) is 42.7 Å². The summed E-state index contributed by atoms with van der Waals surface area (Å²) in [6, 6.07) is 7.04. The SMILES string of the molecule is COC[C@@H](C)NC(=O)c1ccc(OCc2csc(C)n2)cc1. The Morgan fingerprint density at radius 2 is 2.09 bits per heavy atom. The number of aromatic nitrogens is 1. The second-order valence-corrected chi connectivity index (χ2v) is 6.06. The molecule has 1 heterocycles. The summed E-state index contributed by atoms with van der Waals surface area (Å²) >= 11 is 1.60. The van der Waals surface area contributed by atoms with Crippen LogP contribution in [-0.4, -0.2) is 30.6 Å². The smallest absolute Gasteiger partial charge is 0.251 e. The fraction of sp³-hybridized carbons (Fsp3) is 0.375. The van der Waals surface area contributed by atoms with Crippen molar-refractivity contribution >= 4 is 17.2 Å². The normalized spacial score (nSPS) is 12.0. The molecule has 0 radical (unpaired) electrons. The average molecular weight is 320 g/mol. The number of benzene rings is 1. The molecule has 0 bridgehead atoms. The molecule has 1 amide bonds. The van der Waals surface area contributed by atoms with Crippen molar-refractivity contribution in [3.8, 4) is 5.75 Å². The second-order valence-electron chi connectivity index (χ2n) is 5.00. The van der Waals surface area contributed by atoms with Crippen LogP contribution in [0.4, 0.5) is 0 Å². The molecule has 2 aromatic rings. The van der Waals surface area contributed by atoms with Gasteiger partial charge in [0.05, 0.1) is 17.3 Å². The first-order valence-corrected chi connectivity index (χ1v) is 7.90. The highest BCUT2D eigenvalue weighted by Gasteiger charge is 2.09. The Bertz CT molecular complexity index is 610. The summed E-state index contributed by atoms with van der Waals surface area (Å²) in [5, 5.41) is 5.87. The van der Waals surface area contributed by atoms with Crippen molar-refractivity contribution in [2.75, 3.05) is 13.7 Å². The largest absolute Gasteiger partial charge is 0.487 e. The molecule has 0 aliphatic carbocycles. The van der Waals surface area contributed by atoms with E-state index < -0.39 is 0 Å². The number of rotatable bonds is 7. The van der Waals surface area contributed by atoms with Crippen LogP contribution < -0.4 is 10.1 Å². The quantitative estimate of drug-likeness (QED) is 0.852. The lowest BCUT2D eigenvalue weighted by atomic mass is 10.2. The summed E-state index contributed by atoms with van der Waals surface area (Å²) < 4.78 is 10.6. The molecule has 1 atom stereocenters. The topological polar surface area (TPSA) is 60.5 Å². The first-order valence-electron chi connectivity index (χ1n) is 7.02. The van der Waals surface area contributed by atoms with Gasteiger partial charge in [0.15, 0.2) is 0 Å². The van der Waals surface area contributed by atoms with E-state index in [-0.39, 0.29) is 11.9 Å². The van der Waals surface area contributed by atoms with E-state index >= 15 is 0 Å². The molecule has 0 spiro atoms. The van der Waals surface area contributed by atoms with Gasteiger partial charge in [0.25, 0.3) is 5.91 Å². The van der Waals surface area contributed by atoms with Crippen LogP contribution in [0, 0.1) is 6.92 Å². The summed E-state index contributed by atoms with van der Waals surface area (Å²) in [6.45, 7) is 4.78. The lowest BCUT2D eigenvalue weighted by molar-refractivity contribution is 0.0905. The van der Waals surface area contributed by atoms with Gasteiger partial charge in [-0.3, -0.25) is 4.79 Å². The van der Waals surface area contributed by atoms with Crippen LogP contribution in [0.5, 0.6) is 5.75 Å². The third kappa shape index (κ3) is 4.82. The zero-order valence-electron chi connectivity index (χ0n) is 13.0. The molecule has 1 aromatic carbocycles. The van der Waals surface area contributed by atoms with Gasteiger partial charge in [-0.25, -0.2) is 4.98 Å². The molecular formula is C16H20N2O3S. The molecule has 0 aliphatic heterocycles. The molecule has 2 rings (SSSR count). The van der Waals surface area contributed by atoms with Gasteiger partial charge >= 0.3 is 0 Å². The molecule has 1 aromatic heterocycles. The van der Waals surface area contributed by atoms with Crippen molar-refractivity contribution in [3.05, 3.63) is 45.9 Å². The summed E-state index contributed by atoms with van der Waals surface area (Å²) in [4.78, 5) is 16.3. The van der Waals surface area contributed by atoms with E-state index in [9.17, 15) is 4.79 Å². The molecule has 6 heteroatoms. The minimum atomic E-state index is -0.119. The van der Waals surface area contributed by atoms with Gasteiger partial charge < -0.3 is 14.8 Å². The number of ether oxygens (including phenoxy) is 2. The van der Waals surface area contributed by atoms with Crippen LogP contribution in [0.15, 0.2) is 29.6 Å². The Hall–Kier alpha value is -1.92. The van der Waals surface area contributed by atoms with Gasteiger partial charge in [0.2, 0.25) is 0 Å². The minimum absolute atomic E-state index is 0.0265. The lowest BCUT2D eigenvalue weighted by Crippen LogP contribution is -2.35. The van der Waals surface area contributed by atoms with Gasteiger partial charge in [-0.2, -0.15) is 0 Å². The highest BCUT2D eigenvalue weighted by Crippen LogP contribution is 2.15. The molecule has 0 saturated carbocycles. The van der Waals surface area contributed by atoms with Gasteiger partial charge in [0, 0.05) is 24.1 Å². The van der Waals surface area contributed by atoms with Crippen LogP contribution in [-0.2, 0) is 11.3 Å². The fourth-order valence-electron chi connectivity index (χ4n) is 1.93. The number of hydrogen-bond acceptors (Lipinski definition) is 5. The third-order valence-corrected chi connectivity index (χ3v) is 3.79. The van der Waals surface area contributed by atoms with E-state index in [4.69, 9.17) is 9.47 Å². The lowest BCUT2D eigenvalue weighted by Gasteiger charge is -2.13. The number of methoxy groups -OCH3 is 1.